The molecule has 4 amide bonds. The summed E-state index contributed by atoms with van der Waals surface area (Å²) in [6.07, 6.45) is 1.12. The zero-order valence-corrected chi connectivity index (χ0v) is 17.5. The highest BCUT2D eigenvalue weighted by atomic mass is 16.2. The summed E-state index contributed by atoms with van der Waals surface area (Å²) in [5.74, 6) is -1.07. The number of rotatable bonds is 5. The summed E-state index contributed by atoms with van der Waals surface area (Å²) >= 11 is 0. The van der Waals surface area contributed by atoms with Crippen LogP contribution < -0.4 is 0 Å². The molecule has 7 nitrogen and oxygen atoms in total. The molecule has 0 spiro atoms. The van der Waals surface area contributed by atoms with Crippen molar-refractivity contribution in [2.45, 2.75) is 25.8 Å². The maximum Gasteiger partial charge on any atom is 0.262 e. The summed E-state index contributed by atoms with van der Waals surface area (Å²) < 4.78 is 0. The average Bonchev–Trinajstić information content (AvgIpc) is 3.07. The van der Waals surface area contributed by atoms with E-state index in [-0.39, 0.29) is 11.8 Å². The lowest BCUT2D eigenvalue weighted by Crippen LogP contribution is -2.56. The van der Waals surface area contributed by atoms with E-state index in [0.717, 1.165) is 10.5 Å². The molecule has 1 atom stereocenters. The van der Waals surface area contributed by atoms with Gasteiger partial charge in [0.25, 0.3) is 11.8 Å². The number of aryl methyl sites for hydroxylation is 1. The highest BCUT2D eigenvalue weighted by molar-refractivity contribution is 6.22. The lowest BCUT2D eigenvalue weighted by Gasteiger charge is -2.37. The molecule has 2 aromatic rings. The van der Waals surface area contributed by atoms with Gasteiger partial charge in [0.2, 0.25) is 11.8 Å². The van der Waals surface area contributed by atoms with Crippen LogP contribution in [0.4, 0.5) is 0 Å². The first kappa shape index (κ1) is 20.8. The van der Waals surface area contributed by atoms with Gasteiger partial charge in [0.15, 0.2) is 0 Å². The average molecular weight is 419 g/mol. The van der Waals surface area contributed by atoms with E-state index in [4.69, 9.17) is 0 Å². The molecule has 31 heavy (non-hydrogen) atoms. The van der Waals surface area contributed by atoms with Gasteiger partial charge in [-0.2, -0.15) is 0 Å². The normalized spacial score (nSPS) is 17.0. The molecule has 2 heterocycles. The van der Waals surface area contributed by atoms with E-state index in [1.165, 1.54) is 0 Å². The molecule has 0 radical (unpaired) electrons. The monoisotopic (exact) mass is 419 g/mol. The zero-order valence-electron chi connectivity index (χ0n) is 17.5. The minimum absolute atomic E-state index is 0.0735. The first-order valence-corrected chi connectivity index (χ1v) is 10.5. The predicted molar refractivity (Wildman–Crippen MR) is 114 cm³/mol. The lowest BCUT2D eigenvalue weighted by atomic mass is 10.1. The van der Waals surface area contributed by atoms with E-state index in [1.807, 2.05) is 30.3 Å². The Morgan fingerprint density at radius 2 is 1.32 bits per heavy atom. The molecule has 2 aromatic carbocycles. The Kier molecular flexibility index (Phi) is 5.84. The van der Waals surface area contributed by atoms with Gasteiger partial charge >= 0.3 is 0 Å². The van der Waals surface area contributed by atoms with Crippen LogP contribution in [0.25, 0.3) is 0 Å². The van der Waals surface area contributed by atoms with Gasteiger partial charge in [-0.3, -0.25) is 24.1 Å². The molecule has 1 unspecified atom stereocenters. The number of piperazine rings is 1. The number of carbonyl (C=O) groups excluding carboxylic acids is 4. The summed E-state index contributed by atoms with van der Waals surface area (Å²) in [6.45, 7) is 3.27. The van der Waals surface area contributed by atoms with Crippen LogP contribution in [-0.2, 0) is 16.0 Å². The molecule has 4 rings (SSSR count). The fourth-order valence-electron chi connectivity index (χ4n) is 4.16. The first-order valence-electron chi connectivity index (χ1n) is 10.5. The Bertz CT molecular complexity index is 977. The van der Waals surface area contributed by atoms with E-state index in [9.17, 15) is 19.2 Å². The van der Waals surface area contributed by atoms with Crippen LogP contribution in [0, 0.1) is 0 Å². The van der Waals surface area contributed by atoms with Gasteiger partial charge < -0.3 is 9.80 Å². The van der Waals surface area contributed by atoms with E-state index in [0.29, 0.717) is 50.1 Å². The van der Waals surface area contributed by atoms with Gasteiger partial charge in [-0.1, -0.05) is 42.5 Å². The van der Waals surface area contributed by atoms with Crippen molar-refractivity contribution < 1.29 is 19.2 Å². The Hall–Kier alpha value is -3.48. The number of carbonyl (C=O) groups is 4. The number of imide groups is 1. The SMILES string of the molecule is CC(C(=O)N1CCN(C(=O)CCc2ccccc2)CC1)N1C(=O)c2ccccc2C1=O. The van der Waals surface area contributed by atoms with Crippen molar-refractivity contribution in [2.75, 3.05) is 26.2 Å². The second-order valence-electron chi connectivity index (χ2n) is 7.89. The van der Waals surface area contributed by atoms with E-state index < -0.39 is 17.9 Å². The summed E-state index contributed by atoms with van der Waals surface area (Å²) in [5.41, 5.74) is 1.79. The van der Waals surface area contributed by atoms with Crippen molar-refractivity contribution in [1.29, 1.82) is 0 Å². The fraction of sp³-hybridized carbons (Fsp3) is 0.333. The maximum absolute atomic E-state index is 13.0. The summed E-state index contributed by atoms with van der Waals surface area (Å²) in [5, 5.41) is 0. The summed E-state index contributed by atoms with van der Waals surface area (Å²) in [6, 6.07) is 15.6. The highest BCUT2D eigenvalue weighted by Gasteiger charge is 2.42. The number of benzene rings is 2. The molecular formula is C24H25N3O4. The van der Waals surface area contributed by atoms with Gasteiger partial charge in [0.1, 0.15) is 6.04 Å². The van der Waals surface area contributed by atoms with Gasteiger partial charge in [-0.15, -0.1) is 0 Å². The van der Waals surface area contributed by atoms with Crippen LogP contribution in [0.5, 0.6) is 0 Å². The lowest BCUT2D eigenvalue weighted by molar-refractivity contribution is -0.141. The molecule has 0 N–H and O–H groups in total. The zero-order chi connectivity index (χ0) is 22.0. The highest BCUT2D eigenvalue weighted by Crippen LogP contribution is 2.25. The van der Waals surface area contributed by atoms with Crippen molar-refractivity contribution in [1.82, 2.24) is 14.7 Å². The Balaban J connectivity index is 1.32. The van der Waals surface area contributed by atoms with Crippen molar-refractivity contribution >= 4 is 23.6 Å². The van der Waals surface area contributed by atoms with Gasteiger partial charge in [0.05, 0.1) is 11.1 Å². The van der Waals surface area contributed by atoms with Crippen LogP contribution >= 0.6 is 0 Å². The van der Waals surface area contributed by atoms with Crippen molar-refractivity contribution in [3.05, 3.63) is 71.3 Å². The predicted octanol–water partition coefficient (Wildman–Crippen LogP) is 1.97. The molecule has 1 fully saturated rings. The van der Waals surface area contributed by atoms with Crippen LogP contribution in [0.3, 0.4) is 0 Å². The van der Waals surface area contributed by atoms with Crippen molar-refractivity contribution in [3.8, 4) is 0 Å². The van der Waals surface area contributed by atoms with Crippen molar-refractivity contribution in [3.63, 3.8) is 0 Å². The number of nitrogens with zero attached hydrogens (tertiary/aromatic N) is 3. The molecule has 0 aromatic heterocycles. The molecule has 0 bridgehead atoms. The Morgan fingerprint density at radius 3 is 1.90 bits per heavy atom. The smallest absolute Gasteiger partial charge is 0.262 e. The maximum atomic E-state index is 13.0. The topological polar surface area (TPSA) is 78.0 Å². The molecule has 2 aliphatic heterocycles. The number of hydrogen-bond acceptors (Lipinski definition) is 4. The number of amides is 4. The quantitative estimate of drug-likeness (QED) is 0.695. The number of fused-ring (bicyclic) bond motifs is 1. The first-order chi connectivity index (χ1) is 15.0. The van der Waals surface area contributed by atoms with Crippen LogP contribution in [0.2, 0.25) is 0 Å². The van der Waals surface area contributed by atoms with Crippen LogP contribution in [0.15, 0.2) is 54.6 Å². The molecule has 1 saturated heterocycles. The van der Waals surface area contributed by atoms with Gasteiger partial charge in [0, 0.05) is 32.6 Å². The third-order valence-electron chi connectivity index (χ3n) is 5.98. The molecule has 160 valence electrons. The Morgan fingerprint density at radius 1 is 0.806 bits per heavy atom. The third kappa shape index (κ3) is 4.08. The molecule has 2 aliphatic rings. The number of hydrogen-bond donors (Lipinski definition) is 0. The Labute approximate surface area is 181 Å². The molecule has 0 aliphatic carbocycles. The van der Waals surface area contributed by atoms with Gasteiger partial charge in [-0.05, 0) is 31.0 Å². The third-order valence-corrected chi connectivity index (χ3v) is 5.98. The van der Waals surface area contributed by atoms with E-state index in [1.54, 1.807) is 41.0 Å². The fourth-order valence-corrected chi connectivity index (χ4v) is 4.16. The standard InChI is InChI=1S/C24H25N3O4/c1-17(27-23(30)19-9-5-6-10-20(19)24(27)31)22(29)26-15-13-25(14-16-26)21(28)12-11-18-7-3-2-4-8-18/h2-10,17H,11-16H2,1H3. The van der Waals surface area contributed by atoms with Crippen LogP contribution in [0.1, 0.15) is 39.6 Å². The van der Waals surface area contributed by atoms with Crippen LogP contribution in [-0.4, -0.2) is 70.5 Å². The van der Waals surface area contributed by atoms with Gasteiger partial charge in [-0.25, -0.2) is 0 Å². The largest absolute Gasteiger partial charge is 0.339 e. The second kappa shape index (κ2) is 8.71. The van der Waals surface area contributed by atoms with Crippen molar-refractivity contribution in [2.24, 2.45) is 0 Å². The minimum atomic E-state index is -0.882. The minimum Gasteiger partial charge on any atom is -0.339 e. The molecule has 7 heteroatoms. The summed E-state index contributed by atoms with van der Waals surface area (Å²) in [7, 11) is 0. The summed E-state index contributed by atoms with van der Waals surface area (Å²) in [4.78, 5) is 55.3. The van der Waals surface area contributed by atoms with E-state index in [2.05, 4.69) is 0 Å². The molecular weight excluding hydrogens is 394 g/mol. The second-order valence-corrected chi connectivity index (χ2v) is 7.89. The van der Waals surface area contributed by atoms with E-state index >= 15 is 0 Å². The molecule has 0 saturated carbocycles.